The molecule has 2 aliphatic carbocycles. The van der Waals surface area contributed by atoms with Crippen LogP contribution in [0.1, 0.15) is 89.0 Å². The molecule has 328 valence electrons. The molecular weight excluding hydrogens is 777 g/mol. The van der Waals surface area contributed by atoms with Crippen molar-refractivity contribution in [3.63, 3.8) is 0 Å². The van der Waals surface area contributed by atoms with Gasteiger partial charge in [0, 0.05) is 46.5 Å². The highest BCUT2D eigenvalue weighted by molar-refractivity contribution is 5.98. The number of para-hydroxylation sites is 2. The van der Waals surface area contributed by atoms with Crippen LogP contribution in [0.15, 0.2) is 205 Å². The van der Waals surface area contributed by atoms with Gasteiger partial charge in [0.05, 0.1) is 11.7 Å². The Kier molecular flexibility index (Phi) is 18.7. The van der Waals surface area contributed by atoms with E-state index in [9.17, 15) is 0 Å². The van der Waals surface area contributed by atoms with Gasteiger partial charge in [0.15, 0.2) is 0 Å². The molecule has 64 heavy (non-hydrogen) atoms. The van der Waals surface area contributed by atoms with Crippen LogP contribution in [0.3, 0.4) is 0 Å². The molecule has 4 heteroatoms. The Morgan fingerprint density at radius 1 is 0.781 bits per heavy atom. The quantitative estimate of drug-likeness (QED) is 0.131. The SMILES string of the molecule is C=C/C(=c1/cccc/c1=C/C)N(C)c1ccccc1C1=CCC(C2=CC3CC(C=C2)c2ccccc2N3C/N=C(\C)c2ccccc2)CC=C1.C=NC(=C)c1ccccc1.CC.CC. The van der Waals surface area contributed by atoms with Crippen molar-refractivity contribution in [2.75, 3.05) is 23.5 Å². The van der Waals surface area contributed by atoms with E-state index in [1.54, 1.807) is 0 Å². The van der Waals surface area contributed by atoms with Crippen LogP contribution in [0.4, 0.5) is 11.4 Å². The molecule has 0 N–H and O–H groups in total. The fraction of sp³-hybridized carbons (Fsp3) is 0.233. The van der Waals surface area contributed by atoms with Gasteiger partial charge in [-0.1, -0.05) is 205 Å². The lowest BCUT2D eigenvalue weighted by Crippen LogP contribution is -2.39. The van der Waals surface area contributed by atoms with Crippen LogP contribution in [0, 0.1) is 5.92 Å². The van der Waals surface area contributed by atoms with Crippen molar-refractivity contribution in [1.82, 2.24) is 0 Å². The number of rotatable bonds is 10. The lowest BCUT2D eigenvalue weighted by molar-refractivity contribution is 0.570. The zero-order chi connectivity index (χ0) is 45.8. The Bertz CT molecular complexity index is 2610. The molecule has 0 saturated heterocycles. The van der Waals surface area contributed by atoms with Crippen molar-refractivity contribution in [2.45, 2.75) is 72.8 Å². The van der Waals surface area contributed by atoms with Gasteiger partial charge in [-0.05, 0) is 97.0 Å². The first-order valence-corrected chi connectivity index (χ1v) is 23.0. The summed E-state index contributed by atoms with van der Waals surface area (Å²) >= 11 is 0. The average Bonchev–Trinajstić information content (AvgIpc) is 3.74. The van der Waals surface area contributed by atoms with Crippen LogP contribution in [-0.4, -0.2) is 32.2 Å². The van der Waals surface area contributed by atoms with E-state index < -0.39 is 0 Å². The van der Waals surface area contributed by atoms with Crippen LogP contribution < -0.4 is 20.2 Å². The third-order valence-electron chi connectivity index (χ3n) is 11.9. The first-order valence-electron chi connectivity index (χ1n) is 23.0. The number of likely N-dealkylation sites (N-methyl/N-ethyl adjacent to an activating group) is 1. The van der Waals surface area contributed by atoms with Gasteiger partial charge in [-0.2, -0.15) is 0 Å². The number of allylic oxidation sites excluding steroid dienone is 7. The molecule has 0 saturated carbocycles. The number of aliphatic imine (C=N–C) groups is 2. The van der Waals surface area contributed by atoms with E-state index in [-0.39, 0.29) is 6.04 Å². The Labute approximate surface area is 384 Å². The predicted molar refractivity (Wildman–Crippen MR) is 283 cm³/mol. The summed E-state index contributed by atoms with van der Waals surface area (Å²) < 4.78 is 0. The molecule has 0 amide bonds. The molecular formula is C60H68N4. The maximum atomic E-state index is 5.12. The minimum atomic E-state index is 0.286. The highest BCUT2D eigenvalue weighted by Crippen LogP contribution is 2.43. The Hall–Kier alpha value is -6.78. The van der Waals surface area contributed by atoms with Crippen molar-refractivity contribution >= 4 is 46.8 Å². The molecule has 5 aromatic rings. The molecule has 1 heterocycles. The third-order valence-corrected chi connectivity index (χ3v) is 11.9. The monoisotopic (exact) mass is 845 g/mol. The summed E-state index contributed by atoms with van der Waals surface area (Å²) in [6, 6.07) is 46.8. The summed E-state index contributed by atoms with van der Waals surface area (Å²) in [6.45, 7) is 24.2. The highest BCUT2D eigenvalue weighted by Gasteiger charge is 2.32. The molecule has 4 nitrogen and oxygen atoms in total. The van der Waals surface area contributed by atoms with E-state index in [1.165, 1.54) is 49.6 Å². The lowest BCUT2D eigenvalue weighted by atomic mass is 9.86. The smallest absolute Gasteiger partial charge is 0.111 e. The lowest BCUT2D eigenvalue weighted by Gasteiger charge is -2.39. The van der Waals surface area contributed by atoms with Crippen molar-refractivity contribution < 1.29 is 0 Å². The maximum Gasteiger partial charge on any atom is 0.111 e. The Balaban J connectivity index is 0.000000478. The number of anilines is 2. The fourth-order valence-electron chi connectivity index (χ4n) is 8.54. The molecule has 3 atom stereocenters. The fourth-order valence-corrected chi connectivity index (χ4v) is 8.54. The maximum absolute atomic E-state index is 5.12. The van der Waals surface area contributed by atoms with Crippen LogP contribution in [0.25, 0.3) is 23.0 Å². The predicted octanol–water partition coefficient (Wildman–Crippen LogP) is 14.0. The van der Waals surface area contributed by atoms with Gasteiger partial charge in [-0.25, -0.2) is 0 Å². The Morgan fingerprint density at radius 2 is 1.42 bits per heavy atom. The van der Waals surface area contributed by atoms with Crippen LogP contribution >= 0.6 is 0 Å². The second-order valence-electron chi connectivity index (χ2n) is 15.5. The highest BCUT2D eigenvalue weighted by atomic mass is 15.2. The molecule has 8 rings (SSSR count). The van der Waals surface area contributed by atoms with E-state index in [1.807, 2.05) is 64.1 Å². The molecule has 1 aliphatic heterocycles. The number of benzene rings is 5. The van der Waals surface area contributed by atoms with Gasteiger partial charge in [0.25, 0.3) is 0 Å². The van der Waals surface area contributed by atoms with Crippen LogP contribution in [-0.2, 0) is 0 Å². The van der Waals surface area contributed by atoms with Crippen molar-refractivity contribution in [1.29, 1.82) is 0 Å². The van der Waals surface area contributed by atoms with E-state index in [4.69, 9.17) is 4.99 Å². The van der Waals surface area contributed by atoms with Crippen molar-refractivity contribution in [2.24, 2.45) is 15.9 Å². The molecule has 0 aromatic heterocycles. The first kappa shape index (κ1) is 48.3. The average molecular weight is 845 g/mol. The van der Waals surface area contributed by atoms with Crippen molar-refractivity contribution in [3.05, 3.63) is 227 Å². The summed E-state index contributed by atoms with van der Waals surface area (Å²) in [6.07, 6.45) is 21.8. The molecule has 0 fully saturated rings. The largest absolute Gasteiger partial charge is 0.345 e. The molecule has 0 radical (unpaired) electrons. The summed E-state index contributed by atoms with van der Waals surface area (Å²) in [5, 5.41) is 2.39. The van der Waals surface area contributed by atoms with E-state index in [0.29, 0.717) is 18.5 Å². The minimum absolute atomic E-state index is 0.286. The van der Waals surface area contributed by atoms with Gasteiger partial charge in [0.2, 0.25) is 0 Å². The summed E-state index contributed by atoms with van der Waals surface area (Å²) in [7, 11) is 2.15. The van der Waals surface area contributed by atoms with Gasteiger partial charge < -0.3 is 9.80 Å². The zero-order valence-electron chi connectivity index (χ0n) is 39.3. The summed E-state index contributed by atoms with van der Waals surface area (Å²) in [5.41, 5.74) is 12.9. The van der Waals surface area contributed by atoms with E-state index in [0.717, 1.165) is 41.9 Å². The molecule has 3 aliphatic rings. The van der Waals surface area contributed by atoms with Gasteiger partial charge >= 0.3 is 0 Å². The van der Waals surface area contributed by atoms with Crippen molar-refractivity contribution in [3.8, 4) is 0 Å². The second-order valence-corrected chi connectivity index (χ2v) is 15.5. The molecule has 2 bridgehead atoms. The van der Waals surface area contributed by atoms with Gasteiger partial charge in [-0.15, -0.1) is 0 Å². The topological polar surface area (TPSA) is 31.2 Å². The number of fused-ring (bicyclic) bond motifs is 4. The number of hydrogen-bond donors (Lipinski definition) is 0. The first-order chi connectivity index (χ1) is 31.4. The molecule has 3 unspecified atom stereocenters. The van der Waals surface area contributed by atoms with Gasteiger partial charge in [0.1, 0.15) is 6.67 Å². The summed E-state index contributed by atoms with van der Waals surface area (Å²) in [4.78, 5) is 13.6. The normalized spacial score (nSPS) is 18.0. The summed E-state index contributed by atoms with van der Waals surface area (Å²) in [5.74, 6) is 0.812. The molecule has 0 spiro atoms. The minimum Gasteiger partial charge on any atom is -0.345 e. The Morgan fingerprint density at radius 3 is 2.12 bits per heavy atom. The van der Waals surface area contributed by atoms with Gasteiger partial charge in [-0.3, -0.25) is 9.98 Å². The van der Waals surface area contributed by atoms with E-state index in [2.05, 4.69) is 201 Å². The second kappa shape index (κ2) is 24.8. The van der Waals surface area contributed by atoms with Crippen LogP contribution in [0.2, 0.25) is 0 Å². The number of hydrogen-bond acceptors (Lipinski definition) is 4. The standard InChI is InChI=1S/C47H47N3.C9H9N.2C2H6/c1-5-35-17-10-11-22-42(35)45(6-2)49(4)46-25-14-12-23-43(46)38-21-16-20-37(27-28-38)39-29-30-40-32-41(31-39)50(47-26-15-13-24-44(40)47)33-48-34(3)36-18-8-7-9-19-36;1-8(10-2)9-6-4-3-5-7-9;2*1-2/h5-19,21-26,28-31,37,40-41H,2,20,27,32-33H2,1,3-4H3;3-7H,1-2H2;2*1-2H3/b35-5-,45-42+,48-34+;;;. The number of nitrogens with zero attached hydrogens (tertiary/aromatic N) is 4. The van der Waals surface area contributed by atoms with Crippen LogP contribution in [0.5, 0.6) is 0 Å². The zero-order valence-corrected chi connectivity index (χ0v) is 39.3. The third kappa shape index (κ3) is 11.8. The molecule has 5 aromatic carbocycles. The van der Waals surface area contributed by atoms with E-state index >= 15 is 0 Å².